The molecule has 0 saturated heterocycles. The molecule has 0 heterocycles. The van der Waals surface area contributed by atoms with Gasteiger partial charge < -0.3 is 0 Å². The normalized spacial score (nSPS) is 19.2. The van der Waals surface area contributed by atoms with E-state index >= 15 is 0 Å². The fraction of sp³-hybridized carbons (Fsp3) is 0.667. The van der Waals surface area contributed by atoms with Crippen LogP contribution in [0, 0.1) is 11.8 Å². The second kappa shape index (κ2) is 5.18. The maximum Gasteiger partial charge on any atom is -0.0172 e. The summed E-state index contributed by atoms with van der Waals surface area (Å²) in [6, 6.07) is 0. The lowest BCUT2D eigenvalue weighted by Gasteiger charge is -2.21. The summed E-state index contributed by atoms with van der Waals surface area (Å²) >= 11 is 0. The average Bonchev–Trinajstić information content (AvgIpc) is 2.12. The van der Waals surface area contributed by atoms with Crippen LogP contribution in [0.1, 0.15) is 41.5 Å². The molecule has 12 heavy (non-hydrogen) atoms. The number of allylic oxidation sites excluding steroid dienone is 4. The summed E-state index contributed by atoms with van der Waals surface area (Å²) in [6.45, 7) is 13.3. The van der Waals surface area contributed by atoms with Crippen LogP contribution >= 0.6 is 0 Å². The monoisotopic (exact) mass is 166 g/mol. The van der Waals surface area contributed by atoms with Gasteiger partial charge in [0.05, 0.1) is 0 Å². The molecule has 0 spiro atoms. The lowest BCUT2D eigenvalue weighted by Crippen LogP contribution is -2.10. The lowest BCUT2D eigenvalue weighted by atomic mass is 9.84. The summed E-state index contributed by atoms with van der Waals surface area (Å²) in [4.78, 5) is 0. The molecule has 0 fully saturated rings. The minimum atomic E-state index is 0.672. The fourth-order valence-corrected chi connectivity index (χ4v) is 1.31. The van der Waals surface area contributed by atoms with Crippen LogP contribution in [0.3, 0.4) is 0 Å². The number of hydrogen-bond acceptors (Lipinski definition) is 0. The Hall–Kier alpha value is -0.520. The van der Waals surface area contributed by atoms with Gasteiger partial charge in [-0.05, 0) is 39.5 Å². The Balaban J connectivity index is 4.39. The van der Waals surface area contributed by atoms with E-state index in [4.69, 9.17) is 0 Å². The molecule has 0 radical (unpaired) electrons. The number of rotatable bonds is 3. The van der Waals surface area contributed by atoms with Crippen molar-refractivity contribution in [2.75, 3.05) is 0 Å². The summed E-state index contributed by atoms with van der Waals surface area (Å²) in [7, 11) is 0. The first-order valence-corrected chi connectivity index (χ1v) is 4.80. The molecule has 0 aromatic carbocycles. The zero-order chi connectivity index (χ0) is 9.72. The first-order chi connectivity index (χ1) is 5.54. The van der Waals surface area contributed by atoms with Crippen molar-refractivity contribution in [3.05, 3.63) is 23.3 Å². The van der Waals surface area contributed by atoms with E-state index in [0.717, 1.165) is 0 Å². The van der Waals surface area contributed by atoms with Crippen molar-refractivity contribution in [3.8, 4) is 0 Å². The Morgan fingerprint density at radius 3 is 1.25 bits per heavy atom. The summed E-state index contributed by atoms with van der Waals surface area (Å²) in [5.41, 5.74) is 2.98. The van der Waals surface area contributed by atoms with Gasteiger partial charge in [0, 0.05) is 0 Å². The molecule has 0 saturated carbocycles. The molecule has 0 bridgehead atoms. The molecule has 70 valence electrons. The molecule has 0 amide bonds. The predicted octanol–water partition coefficient (Wildman–Crippen LogP) is 4.19. The van der Waals surface area contributed by atoms with Crippen molar-refractivity contribution in [1.82, 2.24) is 0 Å². The van der Waals surface area contributed by atoms with Gasteiger partial charge in [0.2, 0.25) is 0 Å². The van der Waals surface area contributed by atoms with Crippen molar-refractivity contribution >= 4 is 0 Å². The Morgan fingerprint density at radius 1 is 0.833 bits per heavy atom. The first kappa shape index (κ1) is 11.5. The second-order valence-corrected chi connectivity index (χ2v) is 3.64. The van der Waals surface area contributed by atoms with Gasteiger partial charge in [-0.3, -0.25) is 0 Å². The Kier molecular flexibility index (Phi) is 4.96. The van der Waals surface area contributed by atoms with E-state index in [1.54, 1.807) is 0 Å². The first-order valence-electron chi connectivity index (χ1n) is 4.80. The van der Waals surface area contributed by atoms with E-state index < -0.39 is 0 Å². The van der Waals surface area contributed by atoms with Crippen molar-refractivity contribution in [2.45, 2.75) is 41.5 Å². The highest BCUT2D eigenvalue weighted by Gasteiger charge is 2.13. The zero-order valence-electron chi connectivity index (χ0n) is 9.31. The summed E-state index contributed by atoms with van der Waals surface area (Å²) in [5.74, 6) is 1.34. The van der Waals surface area contributed by atoms with Crippen LogP contribution in [-0.2, 0) is 0 Å². The summed E-state index contributed by atoms with van der Waals surface area (Å²) < 4.78 is 0. The van der Waals surface area contributed by atoms with E-state index in [1.165, 1.54) is 11.1 Å². The van der Waals surface area contributed by atoms with E-state index in [-0.39, 0.29) is 0 Å². The Bertz CT molecular complexity index is 162. The molecule has 0 aromatic rings. The van der Waals surface area contributed by atoms with E-state index in [2.05, 4.69) is 53.7 Å². The van der Waals surface area contributed by atoms with Crippen LogP contribution in [0.25, 0.3) is 0 Å². The molecule has 0 aliphatic carbocycles. The van der Waals surface area contributed by atoms with Gasteiger partial charge in [-0.25, -0.2) is 0 Å². The average molecular weight is 166 g/mol. The van der Waals surface area contributed by atoms with Crippen LogP contribution in [-0.4, -0.2) is 0 Å². The summed E-state index contributed by atoms with van der Waals surface area (Å²) in [5, 5.41) is 0. The fourth-order valence-electron chi connectivity index (χ4n) is 1.31. The molecular formula is C12H22. The molecule has 0 N–H and O–H groups in total. The van der Waals surface area contributed by atoms with Gasteiger partial charge in [0.1, 0.15) is 0 Å². The van der Waals surface area contributed by atoms with E-state index in [9.17, 15) is 0 Å². The molecular weight excluding hydrogens is 144 g/mol. The second-order valence-electron chi connectivity index (χ2n) is 3.64. The molecule has 2 atom stereocenters. The largest absolute Gasteiger partial charge is 0.0884 e. The highest BCUT2D eigenvalue weighted by molar-refractivity contribution is 5.10. The standard InChI is InChI=1S/C12H22/c1-7-9(3)11(5)12(6)10(4)8-2/h7-8,11-12H,1-6H3/b9-7-,10-8-/t11-,12+. The van der Waals surface area contributed by atoms with E-state index in [1.807, 2.05) is 0 Å². The minimum Gasteiger partial charge on any atom is -0.0884 e. The molecule has 0 aliphatic rings. The summed E-state index contributed by atoms with van der Waals surface area (Å²) in [6.07, 6.45) is 4.42. The maximum absolute atomic E-state index is 2.30. The molecule has 0 aliphatic heterocycles. The lowest BCUT2D eigenvalue weighted by molar-refractivity contribution is 0.502. The minimum absolute atomic E-state index is 0.672. The predicted molar refractivity (Wildman–Crippen MR) is 57.2 cm³/mol. The van der Waals surface area contributed by atoms with Crippen LogP contribution in [0.2, 0.25) is 0 Å². The molecule has 0 unspecified atom stereocenters. The van der Waals surface area contributed by atoms with Gasteiger partial charge in [-0.15, -0.1) is 0 Å². The van der Waals surface area contributed by atoms with Crippen molar-refractivity contribution < 1.29 is 0 Å². The van der Waals surface area contributed by atoms with Crippen LogP contribution in [0.15, 0.2) is 23.3 Å². The highest BCUT2D eigenvalue weighted by Crippen LogP contribution is 2.25. The molecule has 0 aromatic heterocycles. The van der Waals surface area contributed by atoms with Gasteiger partial charge in [-0.1, -0.05) is 37.1 Å². The van der Waals surface area contributed by atoms with Crippen molar-refractivity contribution in [1.29, 1.82) is 0 Å². The van der Waals surface area contributed by atoms with Gasteiger partial charge in [0.15, 0.2) is 0 Å². The molecule has 0 heteroatoms. The van der Waals surface area contributed by atoms with Crippen LogP contribution < -0.4 is 0 Å². The Labute approximate surface area is 77.4 Å². The van der Waals surface area contributed by atoms with Crippen LogP contribution in [0.5, 0.6) is 0 Å². The smallest absolute Gasteiger partial charge is 0.0172 e. The van der Waals surface area contributed by atoms with Crippen LogP contribution in [0.4, 0.5) is 0 Å². The third kappa shape index (κ3) is 2.84. The molecule has 0 nitrogen and oxygen atoms in total. The Morgan fingerprint density at radius 2 is 1.08 bits per heavy atom. The van der Waals surface area contributed by atoms with Gasteiger partial charge >= 0.3 is 0 Å². The van der Waals surface area contributed by atoms with Gasteiger partial charge in [-0.2, -0.15) is 0 Å². The SMILES string of the molecule is C/C=C(/C)[C@@H](C)[C@@H](C)/C(C)=C\C. The highest BCUT2D eigenvalue weighted by atomic mass is 14.2. The third-order valence-electron chi connectivity index (χ3n) is 3.10. The quantitative estimate of drug-likeness (QED) is 0.551. The van der Waals surface area contributed by atoms with Crippen molar-refractivity contribution in [2.24, 2.45) is 11.8 Å². The molecule has 0 rings (SSSR count). The van der Waals surface area contributed by atoms with Gasteiger partial charge in [0.25, 0.3) is 0 Å². The van der Waals surface area contributed by atoms with E-state index in [0.29, 0.717) is 11.8 Å². The number of hydrogen-bond donors (Lipinski definition) is 0. The topological polar surface area (TPSA) is 0 Å². The maximum atomic E-state index is 2.30. The van der Waals surface area contributed by atoms with Crippen molar-refractivity contribution in [3.63, 3.8) is 0 Å². The zero-order valence-corrected chi connectivity index (χ0v) is 9.31. The third-order valence-corrected chi connectivity index (χ3v) is 3.10.